The number of hydrogen-bond acceptors (Lipinski definition) is 18. The Morgan fingerprint density at radius 1 is 0.845 bits per heavy atom. The van der Waals surface area contributed by atoms with Crippen LogP contribution in [0.4, 0.5) is 0 Å². The quantitative estimate of drug-likeness (QED) is 0.107. The van der Waals surface area contributed by atoms with Gasteiger partial charge in [0.2, 0.25) is 12.1 Å². The van der Waals surface area contributed by atoms with Gasteiger partial charge in [-0.1, -0.05) is 37.3 Å². The largest absolute Gasteiger partial charge is 0.459 e. The number of aliphatic hydroxyl groups is 4. The molecule has 2 spiro atoms. The topological polar surface area (TPSA) is 245 Å². The van der Waals surface area contributed by atoms with E-state index < -0.39 is 121 Å². The molecule has 18 heteroatoms. The molecule has 5 unspecified atom stereocenters. The summed E-state index contributed by atoms with van der Waals surface area (Å²) in [4.78, 5) is 50.9. The second kappa shape index (κ2) is 17.2. The maximum absolute atomic E-state index is 14.0. The van der Waals surface area contributed by atoms with Crippen LogP contribution in [0.15, 0.2) is 36.4 Å². The van der Waals surface area contributed by atoms with Crippen LogP contribution in [-0.2, 0) is 66.5 Å². The Morgan fingerprint density at radius 2 is 1.55 bits per heavy atom. The van der Waals surface area contributed by atoms with Gasteiger partial charge in [-0.3, -0.25) is 14.4 Å². The fourth-order valence-corrected chi connectivity index (χ4v) is 8.91. The van der Waals surface area contributed by atoms with Crippen LogP contribution >= 0.6 is 0 Å². The van der Waals surface area contributed by atoms with E-state index in [4.69, 9.17) is 47.4 Å². The van der Waals surface area contributed by atoms with Crippen molar-refractivity contribution in [3.63, 3.8) is 0 Å². The summed E-state index contributed by atoms with van der Waals surface area (Å²) >= 11 is 0. The normalized spacial score (nSPS) is 43.4. The summed E-state index contributed by atoms with van der Waals surface area (Å²) in [5.41, 5.74) is 0.0624. The van der Waals surface area contributed by atoms with Crippen molar-refractivity contribution in [2.45, 2.75) is 138 Å². The highest BCUT2D eigenvalue weighted by Crippen LogP contribution is 2.62. The molecule has 0 amide bonds. The maximum atomic E-state index is 14.0. The standard InChI is InChI=1S/C40H52O18/c1-19-17-49-40(15-27(19)54-29(44)13-10-23-8-6-5-7-9-23)39(18-50-39)25-12-11-24(14-26(25)58-40)36(48)57-38-35(34(53-22(4)43)31(46)28(16-41)55-38)56-37-32(47)33(52-21(3)42)30(45)20(2)51-37/h5-10,13,19-20,24-28,30-35,37-38,41,45-47H,11-12,14-18H2,1-4H3/b13-10+/t19-,20+,24+,25?,26?,27?,28+,30+,31+,32+,33-,34-,35+,37-,38-,39?,40?/m0/s1. The molecule has 1 aromatic rings. The molecule has 58 heavy (non-hydrogen) atoms. The summed E-state index contributed by atoms with van der Waals surface area (Å²) in [5, 5.41) is 42.8. The van der Waals surface area contributed by atoms with Crippen LogP contribution in [0.25, 0.3) is 6.08 Å². The van der Waals surface area contributed by atoms with Crippen molar-refractivity contribution in [1.29, 1.82) is 0 Å². The van der Waals surface area contributed by atoms with Gasteiger partial charge in [0.1, 0.15) is 30.5 Å². The minimum atomic E-state index is -1.78. The van der Waals surface area contributed by atoms with Gasteiger partial charge >= 0.3 is 23.9 Å². The average Bonchev–Trinajstić information content (AvgIpc) is 3.96. The van der Waals surface area contributed by atoms with E-state index >= 15 is 0 Å². The molecule has 1 aromatic carbocycles. The minimum Gasteiger partial charge on any atom is -0.459 e. The van der Waals surface area contributed by atoms with Crippen molar-refractivity contribution in [3.8, 4) is 0 Å². The lowest BCUT2D eigenvalue weighted by molar-refractivity contribution is -0.360. The predicted octanol–water partition coefficient (Wildman–Crippen LogP) is 0.285. The van der Waals surface area contributed by atoms with Gasteiger partial charge < -0.3 is 67.8 Å². The monoisotopic (exact) mass is 820 g/mol. The first kappa shape index (κ1) is 42.6. The van der Waals surface area contributed by atoms with E-state index in [1.54, 1.807) is 6.08 Å². The zero-order chi connectivity index (χ0) is 41.5. The lowest BCUT2D eigenvalue weighted by atomic mass is 9.72. The number of hydrogen-bond donors (Lipinski definition) is 4. The molecule has 6 aliphatic rings. The molecule has 5 saturated heterocycles. The lowest BCUT2D eigenvalue weighted by Gasteiger charge is -2.46. The fraction of sp³-hybridized carbons (Fsp3) is 0.700. The van der Waals surface area contributed by atoms with E-state index in [0.717, 1.165) is 19.4 Å². The van der Waals surface area contributed by atoms with E-state index in [2.05, 4.69) is 0 Å². The number of benzene rings is 1. The Kier molecular flexibility index (Phi) is 12.6. The Balaban J connectivity index is 1.05. The number of carbonyl (C=O) groups excluding carboxylic acids is 4. The Hall–Kier alpha value is -3.56. The first-order valence-electron chi connectivity index (χ1n) is 19.7. The van der Waals surface area contributed by atoms with Crippen molar-refractivity contribution < 1.29 is 87.0 Å². The highest BCUT2D eigenvalue weighted by molar-refractivity contribution is 5.87. The van der Waals surface area contributed by atoms with Gasteiger partial charge in [-0.25, -0.2) is 4.79 Å². The van der Waals surface area contributed by atoms with Crippen LogP contribution in [0.1, 0.15) is 58.9 Å². The predicted molar refractivity (Wildman–Crippen MR) is 192 cm³/mol. The van der Waals surface area contributed by atoms with Crippen molar-refractivity contribution in [3.05, 3.63) is 42.0 Å². The molecule has 6 fully saturated rings. The molecule has 1 saturated carbocycles. The van der Waals surface area contributed by atoms with Gasteiger partial charge in [-0.2, -0.15) is 0 Å². The summed E-state index contributed by atoms with van der Waals surface area (Å²) in [5.74, 6) is -5.13. The second-order valence-corrected chi connectivity index (χ2v) is 16.0. The molecular formula is C40H52O18. The van der Waals surface area contributed by atoms with Gasteiger partial charge in [0.05, 0.1) is 37.9 Å². The molecule has 320 valence electrons. The van der Waals surface area contributed by atoms with E-state index in [1.807, 2.05) is 37.3 Å². The van der Waals surface area contributed by atoms with Gasteiger partial charge in [-0.15, -0.1) is 0 Å². The molecule has 0 bridgehead atoms. The summed E-state index contributed by atoms with van der Waals surface area (Å²) in [6, 6.07) is 9.38. The first-order chi connectivity index (χ1) is 27.6. The first-order valence-corrected chi connectivity index (χ1v) is 19.7. The molecule has 4 N–H and O–H groups in total. The zero-order valence-electron chi connectivity index (χ0n) is 32.7. The second-order valence-electron chi connectivity index (χ2n) is 16.0. The summed E-state index contributed by atoms with van der Waals surface area (Å²) in [7, 11) is 0. The summed E-state index contributed by atoms with van der Waals surface area (Å²) in [6.07, 6.45) is -12.2. The molecule has 0 aromatic heterocycles. The molecule has 18 nitrogen and oxygen atoms in total. The summed E-state index contributed by atoms with van der Waals surface area (Å²) in [6.45, 7) is 5.39. The number of ether oxygens (including phenoxy) is 10. The van der Waals surface area contributed by atoms with E-state index in [9.17, 15) is 39.6 Å². The minimum absolute atomic E-state index is 0.131. The number of epoxide rings is 1. The van der Waals surface area contributed by atoms with Gasteiger partial charge in [-0.05, 0) is 37.8 Å². The molecule has 17 atom stereocenters. The van der Waals surface area contributed by atoms with Crippen LogP contribution in [0.3, 0.4) is 0 Å². The molecule has 7 rings (SSSR count). The zero-order valence-corrected chi connectivity index (χ0v) is 32.7. The molecule has 0 radical (unpaired) electrons. The Labute approximate surface area is 334 Å². The van der Waals surface area contributed by atoms with Crippen LogP contribution in [-0.4, -0.2) is 149 Å². The van der Waals surface area contributed by atoms with Crippen LogP contribution in [0.2, 0.25) is 0 Å². The van der Waals surface area contributed by atoms with Crippen molar-refractivity contribution in [1.82, 2.24) is 0 Å². The van der Waals surface area contributed by atoms with Crippen molar-refractivity contribution in [2.75, 3.05) is 19.8 Å². The third kappa shape index (κ3) is 8.41. The molecule has 5 heterocycles. The Bertz CT molecular complexity index is 1680. The van der Waals surface area contributed by atoms with E-state index in [0.29, 0.717) is 19.4 Å². The SMILES string of the molecule is CC(=O)O[C@@H]1[C@@H](O)[C@H](O[C@H]2[C@H](OC(=O)[C@@H]3CCC4C(C3)OC3(CC(OC(=O)/C=C/c5ccccc5)[C@@H](C)CO3)C43CO3)O[C@H](CO)[C@@H](O)[C@@H]2OC(C)=O)O[C@H](C)[C@H]1O. The molecule has 1 aliphatic carbocycles. The number of carbonyl (C=O) groups is 4. The van der Waals surface area contributed by atoms with Gasteiger partial charge in [0, 0.05) is 38.2 Å². The highest BCUT2D eigenvalue weighted by atomic mass is 16.8. The van der Waals surface area contributed by atoms with Gasteiger partial charge in [0.15, 0.2) is 30.2 Å². The van der Waals surface area contributed by atoms with Gasteiger partial charge in [0.25, 0.3) is 0 Å². The summed E-state index contributed by atoms with van der Waals surface area (Å²) < 4.78 is 59.1. The number of esters is 4. The highest BCUT2D eigenvalue weighted by Gasteiger charge is 2.76. The smallest absolute Gasteiger partial charge is 0.331 e. The fourth-order valence-electron chi connectivity index (χ4n) is 8.91. The third-order valence-electron chi connectivity index (χ3n) is 12.0. The van der Waals surface area contributed by atoms with E-state index in [1.165, 1.54) is 13.0 Å². The number of fused-ring (bicyclic) bond motifs is 3. The third-order valence-corrected chi connectivity index (χ3v) is 12.0. The average molecular weight is 821 g/mol. The number of rotatable bonds is 10. The number of aliphatic hydroxyl groups excluding tert-OH is 4. The van der Waals surface area contributed by atoms with Crippen LogP contribution in [0, 0.1) is 17.8 Å². The Morgan fingerprint density at radius 3 is 2.22 bits per heavy atom. The lowest BCUT2D eigenvalue weighted by Crippen LogP contribution is -2.65. The van der Waals surface area contributed by atoms with Crippen molar-refractivity contribution >= 4 is 30.0 Å². The van der Waals surface area contributed by atoms with Crippen molar-refractivity contribution in [2.24, 2.45) is 17.8 Å². The van der Waals surface area contributed by atoms with Crippen LogP contribution in [0.5, 0.6) is 0 Å². The maximum Gasteiger partial charge on any atom is 0.331 e. The molecular weight excluding hydrogens is 768 g/mol. The molecule has 5 aliphatic heterocycles. The van der Waals surface area contributed by atoms with E-state index in [-0.39, 0.29) is 31.3 Å². The van der Waals surface area contributed by atoms with Crippen LogP contribution < -0.4 is 0 Å².